The minimum Gasteiger partial charge on any atom is -0.379 e. The van der Waals surface area contributed by atoms with Crippen LogP contribution in [0.25, 0.3) is 21.6 Å². The minimum absolute atomic E-state index is 0.521. The fourth-order valence-electron chi connectivity index (χ4n) is 2.25. The molecule has 7 nitrogen and oxygen atoms in total. The first-order valence-corrected chi connectivity index (χ1v) is 7.73. The number of hydrogen-bond acceptors (Lipinski definition) is 6. The van der Waals surface area contributed by atoms with Gasteiger partial charge in [0.1, 0.15) is 12.0 Å². The number of hydrogen-bond donors (Lipinski definition) is 2. The zero-order valence-electron chi connectivity index (χ0n) is 12.4. The van der Waals surface area contributed by atoms with E-state index in [4.69, 9.17) is 10.1 Å². The highest BCUT2D eigenvalue weighted by molar-refractivity contribution is 7.15. The van der Waals surface area contributed by atoms with E-state index in [0.717, 1.165) is 21.6 Å². The third kappa shape index (κ3) is 3.45. The summed E-state index contributed by atoms with van der Waals surface area (Å²) in [7, 11) is 0. The lowest BCUT2D eigenvalue weighted by atomic mass is 10.1. The Hall–Kier alpha value is -2.35. The van der Waals surface area contributed by atoms with Crippen molar-refractivity contribution < 1.29 is 5.21 Å². The molecule has 0 aliphatic carbocycles. The van der Waals surface area contributed by atoms with Gasteiger partial charge in [0.05, 0.1) is 15.6 Å². The molecule has 116 valence electrons. The van der Waals surface area contributed by atoms with Crippen molar-refractivity contribution in [1.29, 1.82) is 0 Å². The maximum absolute atomic E-state index is 8.11. The van der Waals surface area contributed by atoms with Crippen LogP contribution in [0.4, 0.5) is 0 Å². The summed E-state index contributed by atoms with van der Waals surface area (Å²) in [6, 6.07) is 2.01. The highest BCUT2D eigenvalue weighted by Crippen LogP contribution is 2.33. The minimum atomic E-state index is 0.521. The van der Waals surface area contributed by atoms with Crippen LogP contribution in [0.3, 0.4) is 0 Å². The van der Waals surface area contributed by atoms with E-state index >= 15 is 0 Å². The molecule has 3 aromatic heterocycles. The average molecular weight is 319 g/mol. The van der Waals surface area contributed by atoms with Crippen molar-refractivity contribution in [1.82, 2.24) is 19.9 Å². The first-order chi connectivity index (χ1) is 10.7. The predicted molar refractivity (Wildman–Crippen MR) is 85.9 cm³/mol. The van der Waals surface area contributed by atoms with Gasteiger partial charge in [0, 0.05) is 23.7 Å². The van der Waals surface area contributed by atoms with Crippen molar-refractivity contribution in [2.24, 2.45) is 5.34 Å². The Labute approximate surface area is 131 Å². The van der Waals surface area contributed by atoms with Crippen molar-refractivity contribution in [3.8, 4) is 10.6 Å². The summed E-state index contributed by atoms with van der Waals surface area (Å²) in [5.41, 5.74) is 1.85. The van der Waals surface area contributed by atoms with Gasteiger partial charge in [-0.2, -0.15) is 0 Å². The fourth-order valence-corrected chi connectivity index (χ4v) is 3.26. The van der Waals surface area contributed by atoms with Crippen LogP contribution in [-0.4, -0.2) is 25.1 Å². The fraction of sp³-hybridized carbons (Fsp3) is 0.357. The largest absolute Gasteiger partial charge is 0.379 e. The second-order valence-electron chi connectivity index (χ2n) is 4.80. The molecule has 0 saturated heterocycles. The number of H-pyrrole nitrogens is 1. The first-order valence-electron chi connectivity index (χ1n) is 6.92. The van der Waals surface area contributed by atoms with Gasteiger partial charge in [-0.25, -0.2) is 15.0 Å². The molecule has 0 spiro atoms. The van der Waals surface area contributed by atoms with Crippen molar-refractivity contribution in [3.63, 3.8) is 0 Å². The molecule has 0 bridgehead atoms. The van der Waals surface area contributed by atoms with Crippen LogP contribution in [0.15, 0.2) is 30.1 Å². The van der Waals surface area contributed by atoms with Gasteiger partial charge in [-0.15, -0.1) is 16.2 Å². The lowest BCUT2D eigenvalue weighted by Gasteiger charge is -2.04. The van der Waals surface area contributed by atoms with E-state index < -0.39 is 0 Å². The molecule has 0 radical (unpaired) electrons. The molecular formula is C14H17N5O2S. The number of nitrogens with one attached hydrogen (secondary N) is 1. The number of nitrogens with zero attached hydrogens (tertiary/aromatic N) is 4. The Morgan fingerprint density at radius 1 is 1.41 bits per heavy atom. The van der Waals surface area contributed by atoms with Crippen LogP contribution < -0.4 is 0 Å². The summed E-state index contributed by atoms with van der Waals surface area (Å²) in [5.74, 6) is 0.521. The molecule has 0 unspecified atom stereocenters. The highest BCUT2D eigenvalue weighted by atomic mass is 32.1. The molecule has 0 aliphatic heterocycles. The number of fused-ring (bicyclic) bond motifs is 1. The summed E-state index contributed by atoms with van der Waals surface area (Å²) < 4.78 is 0. The molecule has 3 aromatic rings. The lowest BCUT2D eigenvalue weighted by molar-refractivity contribution is 0.312. The molecule has 0 saturated carbocycles. The van der Waals surface area contributed by atoms with Crippen LogP contribution in [0.5, 0.6) is 0 Å². The zero-order chi connectivity index (χ0) is 15.9. The number of aromatic nitrogens is 4. The molecule has 1 atom stereocenters. The summed E-state index contributed by atoms with van der Waals surface area (Å²) in [6.45, 7) is 4.44. The van der Waals surface area contributed by atoms with E-state index in [1.165, 1.54) is 23.2 Å². The zero-order valence-corrected chi connectivity index (χ0v) is 13.2. The third-order valence-electron chi connectivity index (χ3n) is 3.25. The Morgan fingerprint density at radius 2 is 2.18 bits per heavy atom. The Bertz CT molecular complexity index is 740. The van der Waals surface area contributed by atoms with E-state index in [2.05, 4.69) is 33.8 Å². The van der Waals surface area contributed by atoms with E-state index in [1.54, 1.807) is 17.7 Å². The van der Waals surface area contributed by atoms with Gasteiger partial charge in [0.2, 0.25) is 0 Å². The lowest BCUT2D eigenvalue weighted by Crippen LogP contribution is -1.90. The normalized spacial score (nSPS) is 11.7. The summed E-state index contributed by atoms with van der Waals surface area (Å²) in [5, 5.41) is 10.1. The number of aromatic amines is 1. The molecule has 22 heavy (non-hydrogen) atoms. The van der Waals surface area contributed by atoms with Gasteiger partial charge in [-0.1, -0.05) is 20.3 Å². The Morgan fingerprint density at radius 3 is 2.91 bits per heavy atom. The second kappa shape index (κ2) is 7.60. The van der Waals surface area contributed by atoms with Crippen molar-refractivity contribution >= 4 is 22.4 Å². The Balaban J connectivity index is 0.000000545. The molecular weight excluding hydrogens is 302 g/mol. The Kier molecular flexibility index (Phi) is 5.54. The van der Waals surface area contributed by atoms with Crippen LogP contribution in [0.1, 0.15) is 37.6 Å². The molecule has 8 heteroatoms. The third-order valence-corrected chi connectivity index (χ3v) is 4.49. The monoisotopic (exact) mass is 319 g/mol. The predicted octanol–water partition coefficient (Wildman–Crippen LogP) is 4.13. The number of rotatable bonds is 4. The summed E-state index contributed by atoms with van der Waals surface area (Å²) in [6.07, 6.45) is 7.79. The van der Waals surface area contributed by atoms with Gasteiger partial charge < -0.3 is 10.2 Å². The quantitative estimate of drug-likeness (QED) is 0.556. The molecule has 0 aromatic carbocycles. The maximum Gasteiger partial charge on any atom is 0.152 e. The molecule has 0 amide bonds. The molecule has 2 N–H and O–H groups in total. The van der Waals surface area contributed by atoms with Gasteiger partial charge in [0.25, 0.3) is 0 Å². The topological polar surface area (TPSA) is 104 Å². The maximum atomic E-state index is 8.11. The molecule has 0 fully saturated rings. The summed E-state index contributed by atoms with van der Waals surface area (Å²) in [4.78, 5) is 25.5. The van der Waals surface area contributed by atoms with Crippen LogP contribution >= 0.6 is 11.3 Å². The van der Waals surface area contributed by atoms with E-state index in [-0.39, 0.29) is 0 Å². The van der Waals surface area contributed by atoms with E-state index in [0.29, 0.717) is 5.92 Å². The van der Waals surface area contributed by atoms with Gasteiger partial charge in [0.15, 0.2) is 5.34 Å². The first kappa shape index (κ1) is 16.0. The highest BCUT2D eigenvalue weighted by Gasteiger charge is 2.13. The van der Waals surface area contributed by atoms with Crippen molar-refractivity contribution in [2.75, 3.05) is 0 Å². The average Bonchev–Trinajstić information content (AvgIpc) is 3.17. The molecule has 0 aliphatic rings. The second-order valence-corrected chi connectivity index (χ2v) is 5.86. The van der Waals surface area contributed by atoms with Gasteiger partial charge in [-0.3, -0.25) is 0 Å². The smallest absolute Gasteiger partial charge is 0.152 e. The SMILES string of the molecule is CCC[C@@H](C)c1ncc(-c2ncnc3[nH]ccc23)s1.O=NO. The van der Waals surface area contributed by atoms with Crippen molar-refractivity contribution in [2.45, 2.75) is 32.6 Å². The van der Waals surface area contributed by atoms with Crippen LogP contribution in [0, 0.1) is 4.91 Å². The van der Waals surface area contributed by atoms with Crippen molar-refractivity contribution in [3.05, 3.63) is 34.7 Å². The summed E-state index contributed by atoms with van der Waals surface area (Å²) >= 11 is 1.74. The number of thiazole rings is 1. The van der Waals surface area contributed by atoms with Gasteiger partial charge in [-0.05, 0) is 12.5 Å². The van der Waals surface area contributed by atoms with E-state index in [1.807, 2.05) is 18.5 Å². The standard InChI is InChI=1S/C14H16N4S.HNO2/c1-3-4-9(2)14-16-7-11(19-14)12-10-5-6-15-13(10)18-8-17-12;2-1-3/h5-9H,3-4H2,1-2H3,(H,15,17,18);(H,2,3)/t9-;/m1./s1. The molecule has 3 heterocycles. The van der Waals surface area contributed by atoms with Crippen LogP contribution in [-0.2, 0) is 0 Å². The van der Waals surface area contributed by atoms with Gasteiger partial charge >= 0.3 is 0 Å². The van der Waals surface area contributed by atoms with E-state index in [9.17, 15) is 0 Å². The molecule has 3 rings (SSSR count). The van der Waals surface area contributed by atoms with Crippen LogP contribution in [0.2, 0.25) is 0 Å².